The summed E-state index contributed by atoms with van der Waals surface area (Å²) in [5, 5.41) is 6.65. The van der Waals surface area contributed by atoms with Gasteiger partial charge in [-0.25, -0.2) is 4.98 Å². The van der Waals surface area contributed by atoms with Crippen molar-refractivity contribution in [3.8, 4) is 0 Å². The van der Waals surface area contributed by atoms with Crippen molar-refractivity contribution < 1.29 is 4.74 Å². The van der Waals surface area contributed by atoms with Crippen molar-refractivity contribution in [3.05, 3.63) is 16.1 Å². The molecule has 1 aliphatic rings. The van der Waals surface area contributed by atoms with Gasteiger partial charge in [0, 0.05) is 24.4 Å². The van der Waals surface area contributed by atoms with Gasteiger partial charge in [0.05, 0.1) is 10.7 Å². The fraction of sp³-hybridized carbons (Fsp3) is 0.727. The predicted molar refractivity (Wildman–Crippen MR) is 62.2 cm³/mol. The largest absolute Gasteiger partial charge is 0.372 e. The summed E-state index contributed by atoms with van der Waals surface area (Å²) in [6.07, 6.45) is 1.36. The van der Waals surface area contributed by atoms with Crippen LogP contribution in [-0.2, 0) is 4.74 Å². The van der Waals surface area contributed by atoms with E-state index in [0.717, 1.165) is 36.8 Å². The maximum absolute atomic E-state index is 5.77. The second-order valence-corrected chi connectivity index (χ2v) is 5.00. The van der Waals surface area contributed by atoms with Crippen LogP contribution in [0.25, 0.3) is 0 Å². The first-order valence-corrected chi connectivity index (χ1v) is 6.43. The molecule has 2 rings (SSSR count). The Kier molecular flexibility index (Phi) is 3.72. The lowest BCUT2D eigenvalue weighted by Gasteiger charge is -2.16. The van der Waals surface area contributed by atoms with Crippen LogP contribution in [0.4, 0.5) is 0 Å². The van der Waals surface area contributed by atoms with E-state index in [-0.39, 0.29) is 6.10 Å². The standard InChI is InChI=1S/C11H18N2OS/c1-3-12-6-9-4-5-14-11(9)10-7-15-8(2)13-10/h7,9,11-12H,3-6H2,1-2H3. The molecule has 84 valence electrons. The molecule has 15 heavy (non-hydrogen) atoms. The monoisotopic (exact) mass is 226 g/mol. The first kappa shape index (κ1) is 11.0. The molecule has 2 unspecified atom stereocenters. The molecule has 0 amide bonds. The number of ether oxygens (including phenoxy) is 1. The summed E-state index contributed by atoms with van der Waals surface area (Å²) >= 11 is 1.71. The Morgan fingerprint density at radius 1 is 1.67 bits per heavy atom. The van der Waals surface area contributed by atoms with Crippen LogP contribution in [0.2, 0.25) is 0 Å². The molecular weight excluding hydrogens is 208 g/mol. The quantitative estimate of drug-likeness (QED) is 0.854. The molecule has 2 heterocycles. The van der Waals surface area contributed by atoms with Crippen molar-refractivity contribution in [3.63, 3.8) is 0 Å². The van der Waals surface area contributed by atoms with E-state index in [4.69, 9.17) is 4.74 Å². The van der Waals surface area contributed by atoms with Gasteiger partial charge in [-0.15, -0.1) is 11.3 Å². The average molecular weight is 226 g/mol. The SMILES string of the molecule is CCNCC1CCOC1c1csc(C)n1. The molecule has 1 saturated heterocycles. The van der Waals surface area contributed by atoms with Crippen LogP contribution in [0.5, 0.6) is 0 Å². The van der Waals surface area contributed by atoms with Crippen molar-refractivity contribution in [2.45, 2.75) is 26.4 Å². The van der Waals surface area contributed by atoms with Crippen molar-refractivity contribution in [1.82, 2.24) is 10.3 Å². The molecule has 1 aliphatic heterocycles. The number of nitrogens with one attached hydrogen (secondary N) is 1. The fourth-order valence-corrected chi connectivity index (χ4v) is 2.65. The minimum Gasteiger partial charge on any atom is -0.372 e. The van der Waals surface area contributed by atoms with Crippen molar-refractivity contribution in [2.24, 2.45) is 5.92 Å². The van der Waals surface area contributed by atoms with Crippen molar-refractivity contribution >= 4 is 11.3 Å². The van der Waals surface area contributed by atoms with Gasteiger partial charge in [-0.05, 0) is 19.9 Å². The average Bonchev–Trinajstić information content (AvgIpc) is 2.82. The number of rotatable bonds is 4. The number of hydrogen-bond acceptors (Lipinski definition) is 4. The zero-order chi connectivity index (χ0) is 10.7. The van der Waals surface area contributed by atoms with Crippen LogP contribution < -0.4 is 5.32 Å². The number of thiazole rings is 1. The summed E-state index contributed by atoms with van der Waals surface area (Å²) in [5.41, 5.74) is 1.12. The first-order chi connectivity index (χ1) is 7.31. The number of nitrogens with zero attached hydrogens (tertiary/aromatic N) is 1. The Balaban J connectivity index is 2.01. The predicted octanol–water partition coefficient (Wildman–Crippen LogP) is 2.14. The van der Waals surface area contributed by atoms with Crippen LogP contribution in [0, 0.1) is 12.8 Å². The highest BCUT2D eigenvalue weighted by Crippen LogP contribution is 2.34. The molecule has 0 saturated carbocycles. The highest BCUT2D eigenvalue weighted by atomic mass is 32.1. The molecule has 0 spiro atoms. The number of hydrogen-bond donors (Lipinski definition) is 1. The molecule has 1 aromatic rings. The summed E-state index contributed by atoms with van der Waals surface area (Å²) in [4.78, 5) is 4.52. The van der Waals surface area contributed by atoms with E-state index in [0.29, 0.717) is 5.92 Å². The molecule has 0 radical (unpaired) electrons. The van der Waals surface area contributed by atoms with Crippen LogP contribution in [0.15, 0.2) is 5.38 Å². The van der Waals surface area contributed by atoms with E-state index in [1.807, 2.05) is 6.92 Å². The number of aromatic nitrogens is 1. The highest BCUT2D eigenvalue weighted by Gasteiger charge is 2.30. The third-order valence-corrected chi connectivity index (χ3v) is 3.59. The topological polar surface area (TPSA) is 34.1 Å². The molecule has 1 fully saturated rings. The number of aryl methyl sites for hydroxylation is 1. The molecule has 4 heteroatoms. The van der Waals surface area contributed by atoms with E-state index in [2.05, 4.69) is 22.6 Å². The van der Waals surface area contributed by atoms with Crippen LogP contribution in [0.1, 0.15) is 30.2 Å². The molecule has 2 atom stereocenters. The second kappa shape index (κ2) is 5.05. The smallest absolute Gasteiger partial charge is 0.104 e. The summed E-state index contributed by atoms with van der Waals surface area (Å²) in [7, 11) is 0. The lowest BCUT2D eigenvalue weighted by atomic mass is 9.99. The van der Waals surface area contributed by atoms with Gasteiger partial charge in [0.2, 0.25) is 0 Å². The van der Waals surface area contributed by atoms with Gasteiger partial charge in [0.25, 0.3) is 0 Å². The molecule has 0 aliphatic carbocycles. The van der Waals surface area contributed by atoms with E-state index in [1.54, 1.807) is 11.3 Å². The Hall–Kier alpha value is -0.450. The molecule has 0 bridgehead atoms. The Labute approximate surface area is 94.9 Å². The van der Waals surface area contributed by atoms with Crippen molar-refractivity contribution in [2.75, 3.05) is 19.7 Å². The minimum absolute atomic E-state index is 0.217. The van der Waals surface area contributed by atoms with Crippen LogP contribution in [0.3, 0.4) is 0 Å². The highest BCUT2D eigenvalue weighted by molar-refractivity contribution is 7.09. The van der Waals surface area contributed by atoms with Crippen molar-refractivity contribution in [1.29, 1.82) is 0 Å². The van der Waals surface area contributed by atoms with Gasteiger partial charge in [-0.2, -0.15) is 0 Å². The Morgan fingerprint density at radius 3 is 3.20 bits per heavy atom. The van der Waals surface area contributed by atoms with E-state index in [9.17, 15) is 0 Å². The van der Waals surface area contributed by atoms with E-state index >= 15 is 0 Å². The third kappa shape index (κ3) is 2.56. The first-order valence-electron chi connectivity index (χ1n) is 5.55. The summed E-state index contributed by atoms with van der Waals surface area (Å²) < 4.78 is 5.77. The van der Waals surface area contributed by atoms with Gasteiger partial charge in [-0.3, -0.25) is 0 Å². The Morgan fingerprint density at radius 2 is 2.53 bits per heavy atom. The second-order valence-electron chi connectivity index (χ2n) is 3.94. The van der Waals surface area contributed by atoms with Gasteiger partial charge in [0.1, 0.15) is 6.10 Å². The zero-order valence-electron chi connectivity index (χ0n) is 9.32. The molecular formula is C11H18N2OS. The van der Waals surface area contributed by atoms with Gasteiger partial charge in [0.15, 0.2) is 0 Å². The van der Waals surface area contributed by atoms with Gasteiger partial charge < -0.3 is 10.1 Å². The summed E-state index contributed by atoms with van der Waals surface area (Å²) in [5.74, 6) is 0.589. The summed E-state index contributed by atoms with van der Waals surface area (Å²) in [6.45, 7) is 7.12. The molecule has 1 aromatic heterocycles. The maximum atomic E-state index is 5.77. The molecule has 1 N–H and O–H groups in total. The van der Waals surface area contributed by atoms with E-state index in [1.165, 1.54) is 0 Å². The lowest BCUT2D eigenvalue weighted by molar-refractivity contribution is 0.0876. The molecule has 3 nitrogen and oxygen atoms in total. The minimum atomic E-state index is 0.217. The lowest BCUT2D eigenvalue weighted by Crippen LogP contribution is -2.24. The maximum Gasteiger partial charge on any atom is 0.104 e. The van der Waals surface area contributed by atoms with Gasteiger partial charge >= 0.3 is 0 Å². The fourth-order valence-electron chi connectivity index (χ4n) is 2.01. The molecule has 0 aromatic carbocycles. The zero-order valence-corrected chi connectivity index (χ0v) is 10.1. The van der Waals surface area contributed by atoms with Crippen LogP contribution >= 0.6 is 11.3 Å². The third-order valence-electron chi connectivity index (χ3n) is 2.80. The van der Waals surface area contributed by atoms with Crippen LogP contribution in [-0.4, -0.2) is 24.7 Å². The summed E-state index contributed by atoms with van der Waals surface area (Å²) in [6, 6.07) is 0. The van der Waals surface area contributed by atoms with E-state index < -0.39 is 0 Å². The van der Waals surface area contributed by atoms with Gasteiger partial charge in [-0.1, -0.05) is 6.92 Å². The Bertz CT molecular complexity index is 313. The normalized spacial score (nSPS) is 26.0.